The molecule has 4 heteroatoms. The molecule has 0 fully saturated rings. The number of nitrogens with two attached hydrogens (primary N) is 2. The Bertz CT molecular complexity index is 114. The summed E-state index contributed by atoms with van der Waals surface area (Å²) in [5.41, 5.74) is 10.1. The number of carbonyl (C=O) groups is 1. The van der Waals surface area contributed by atoms with Gasteiger partial charge in [0, 0.05) is 6.54 Å². The molecule has 0 aromatic rings. The van der Waals surface area contributed by atoms with Crippen molar-refractivity contribution in [1.29, 1.82) is 0 Å². The highest BCUT2D eigenvalue weighted by atomic mass is 16.6. The number of carbonyl (C=O) groups excluding carboxylic acids is 1. The first kappa shape index (κ1) is 9.23. The molecule has 60 valence electrons. The molecular weight excluding hydrogens is 132 g/mol. The molecule has 1 amide bonds. The third-order valence-corrected chi connectivity index (χ3v) is 1.24. The van der Waals surface area contributed by atoms with Gasteiger partial charge in [0.15, 0.2) is 0 Å². The largest absolute Gasteiger partial charge is 0.445 e. The number of rotatable bonds is 3. The van der Waals surface area contributed by atoms with Gasteiger partial charge in [0.2, 0.25) is 0 Å². The van der Waals surface area contributed by atoms with E-state index in [-0.39, 0.29) is 12.0 Å². The molecule has 1 atom stereocenters. The van der Waals surface area contributed by atoms with E-state index >= 15 is 0 Å². The van der Waals surface area contributed by atoms with E-state index in [1.54, 1.807) is 0 Å². The van der Waals surface area contributed by atoms with Crippen LogP contribution in [0, 0.1) is 5.92 Å². The van der Waals surface area contributed by atoms with Gasteiger partial charge < -0.3 is 16.2 Å². The van der Waals surface area contributed by atoms with Crippen molar-refractivity contribution in [3.8, 4) is 0 Å². The Morgan fingerprint density at radius 1 is 1.60 bits per heavy atom. The summed E-state index contributed by atoms with van der Waals surface area (Å²) in [4.78, 5) is 10.2. The molecule has 0 aromatic carbocycles. The zero-order valence-corrected chi connectivity index (χ0v) is 6.33. The molecule has 0 rings (SSSR count). The van der Waals surface area contributed by atoms with E-state index in [4.69, 9.17) is 11.5 Å². The van der Waals surface area contributed by atoms with Gasteiger partial charge in [0.25, 0.3) is 0 Å². The fourth-order valence-corrected chi connectivity index (χ4v) is 0.606. The summed E-state index contributed by atoms with van der Waals surface area (Å²) >= 11 is 0. The van der Waals surface area contributed by atoms with Crippen molar-refractivity contribution in [2.75, 3.05) is 6.54 Å². The lowest BCUT2D eigenvalue weighted by molar-refractivity contribution is 0.0838. The van der Waals surface area contributed by atoms with Gasteiger partial charge in [0.05, 0.1) is 0 Å². The van der Waals surface area contributed by atoms with Crippen LogP contribution in [0.3, 0.4) is 0 Å². The van der Waals surface area contributed by atoms with Gasteiger partial charge in [-0.15, -0.1) is 0 Å². The van der Waals surface area contributed by atoms with Gasteiger partial charge in [-0.05, 0) is 5.92 Å². The second kappa shape index (κ2) is 4.11. The molecule has 4 nitrogen and oxygen atoms in total. The van der Waals surface area contributed by atoms with E-state index in [0.717, 1.165) is 0 Å². The maximum atomic E-state index is 10.2. The monoisotopic (exact) mass is 146 g/mol. The van der Waals surface area contributed by atoms with E-state index in [9.17, 15) is 4.79 Å². The summed E-state index contributed by atoms with van der Waals surface area (Å²) in [6, 6.07) is 0. The maximum Gasteiger partial charge on any atom is 0.404 e. The predicted octanol–water partition coefficient (Wildman–Crippen LogP) is 0.0650. The fraction of sp³-hybridized carbons (Fsp3) is 0.833. The molecule has 10 heavy (non-hydrogen) atoms. The summed E-state index contributed by atoms with van der Waals surface area (Å²) in [7, 11) is 0. The molecule has 0 aliphatic rings. The van der Waals surface area contributed by atoms with Gasteiger partial charge in [0.1, 0.15) is 6.10 Å². The Morgan fingerprint density at radius 2 is 2.10 bits per heavy atom. The molecule has 0 radical (unpaired) electrons. The van der Waals surface area contributed by atoms with Crippen LogP contribution in [-0.4, -0.2) is 18.7 Å². The van der Waals surface area contributed by atoms with Crippen molar-refractivity contribution in [2.45, 2.75) is 20.0 Å². The minimum Gasteiger partial charge on any atom is -0.445 e. The number of amides is 1. The highest BCUT2D eigenvalue weighted by Gasteiger charge is 2.13. The first-order chi connectivity index (χ1) is 4.57. The van der Waals surface area contributed by atoms with Gasteiger partial charge >= 0.3 is 6.09 Å². The third-order valence-electron chi connectivity index (χ3n) is 1.24. The molecule has 0 saturated carbocycles. The van der Waals surface area contributed by atoms with Crippen molar-refractivity contribution in [1.82, 2.24) is 0 Å². The van der Waals surface area contributed by atoms with Crippen molar-refractivity contribution in [2.24, 2.45) is 17.4 Å². The molecular formula is C6H14N2O2. The Morgan fingerprint density at radius 3 is 2.20 bits per heavy atom. The molecule has 0 saturated heterocycles. The van der Waals surface area contributed by atoms with Crippen LogP contribution < -0.4 is 11.5 Å². The van der Waals surface area contributed by atoms with Crippen molar-refractivity contribution >= 4 is 6.09 Å². The van der Waals surface area contributed by atoms with Crippen molar-refractivity contribution < 1.29 is 9.53 Å². The second-order valence-electron chi connectivity index (χ2n) is 2.46. The smallest absolute Gasteiger partial charge is 0.404 e. The van der Waals surface area contributed by atoms with E-state index < -0.39 is 6.09 Å². The SMILES string of the molecule is CC(C)C(CN)OC(N)=O. The molecule has 1 unspecified atom stereocenters. The van der Waals surface area contributed by atoms with Crippen LogP contribution in [-0.2, 0) is 4.74 Å². The Hall–Kier alpha value is -0.770. The molecule has 0 spiro atoms. The Labute approximate surface area is 60.5 Å². The van der Waals surface area contributed by atoms with Gasteiger partial charge in [-0.1, -0.05) is 13.8 Å². The number of hydrogen-bond acceptors (Lipinski definition) is 3. The maximum absolute atomic E-state index is 10.2. The van der Waals surface area contributed by atoms with Crippen LogP contribution >= 0.6 is 0 Å². The molecule has 4 N–H and O–H groups in total. The second-order valence-corrected chi connectivity index (χ2v) is 2.46. The average Bonchev–Trinajstić information content (AvgIpc) is 1.81. The van der Waals surface area contributed by atoms with E-state index in [1.807, 2.05) is 13.8 Å². The minimum absolute atomic E-state index is 0.220. The lowest BCUT2D eigenvalue weighted by atomic mass is 10.1. The molecule has 0 bridgehead atoms. The topological polar surface area (TPSA) is 78.3 Å². The standard InChI is InChI=1S/C6H14N2O2/c1-4(2)5(3-7)10-6(8)9/h4-5H,3,7H2,1-2H3,(H2,8,9). The molecule has 0 aliphatic heterocycles. The zero-order valence-electron chi connectivity index (χ0n) is 6.33. The average molecular weight is 146 g/mol. The lowest BCUT2D eigenvalue weighted by Gasteiger charge is -2.17. The summed E-state index contributed by atoms with van der Waals surface area (Å²) in [6.07, 6.45) is -1.01. The van der Waals surface area contributed by atoms with E-state index in [2.05, 4.69) is 4.74 Å². The number of ether oxygens (including phenoxy) is 1. The Kier molecular flexibility index (Phi) is 3.79. The highest BCUT2D eigenvalue weighted by Crippen LogP contribution is 2.03. The van der Waals surface area contributed by atoms with Gasteiger partial charge in [-0.25, -0.2) is 4.79 Å². The number of primary amides is 1. The highest BCUT2D eigenvalue weighted by molar-refractivity contribution is 5.64. The number of hydrogen-bond donors (Lipinski definition) is 2. The minimum atomic E-state index is -0.760. The fourth-order valence-electron chi connectivity index (χ4n) is 0.606. The summed E-state index contributed by atoms with van der Waals surface area (Å²) in [5.74, 6) is 0.220. The first-order valence-corrected chi connectivity index (χ1v) is 3.24. The zero-order chi connectivity index (χ0) is 8.15. The summed E-state index contributed by atoms with van der Waals surface area (Å²) in [5, 5.41) is 0. The molecule has 0 aromatic heterocycles. The summed E-state index contributed by atoms with van der Waals surface area (Å²) in [6.45, 7) is 4.15. The van der Waals surface area contributed by atoms with Crippen LogP contribution in [0.25, 0.3) is 0 Å². The van der Waals surface area contributed by atoms with Gasteiger partial charge in [-0.2, -0.15) is 0 Å². The van der Waals surface area contributed by atoms with E-state index in [1.165, 1.54) is 0 Å². The van der Waals surface area contributed by atoms with Crippen LogP contribution in [0.1, 0.15) is 13.8 Å². The van der Waals surface area contributed by atoms with E-state index in [0.29, 0.717) is 6.54 Å². The van der Waals surface area contributed by atoms with Crippen LogP contribution in [0.4, 0.5) is 4.79 Å². The summed E-state index contributed by atoms with van der Waals surface area (Å²) < 4.78 is 4.67. The molecule has 0 heterocycles. The first-order valence-electron chi connectivity index (χ1n) is 3.24. The lowest BCUT2D eigenvalue weighted by Crippen LogP contribution is -2.33. The third kappa shape index (κ3) is 3.29. The van der Waals surface area contributed by atoms with Crippen LogP contribution in [0.15, 0.2) is 0 Å². The molecule has 0 aliphatic carbocycles. The quantitative estimate of drug-likeness (QED) is 0.591. The Balaban J connectivity index is 3.71. The van der Waals surface area contributed by atoms with Crippen molar-refractivity contribution in [3.63, 3.8) is 0 Å². The predicted molar refractivity (Wildman–Crippen MR) is 38.3 cm³/mol. The van der Waals surface area contributed by atoms with Crippen molar-refractivity contribution in [3.05, 3.63) is 0 Å². The van der Waals surface area contributed by atoms with Crippen LogP contribution in [0.2, 0.25) is 0 Å². The normalized spacial score (nSPS) is 13.2. The van der Waals surface area contributed by atoms with Crippen LogP contribution in [0.5, 0.6) is 0 Å². The van der Waals surface area contributed by atoms with Gasteiger partial charge in [-0.3, -0.25) is 0 Å².